The number of nitrogens with zero attached hydrogens (tertiary/aromatic N) is 1. The molecule has 2 atom stereocenters. The molecule has 1 aromatic rings. The number of nitrogens with two attached hydrogens (primary N) is 1. The molecule has 1 aromatic carbocycles. The molecule has 0 saturated carbocycles. The van der Waals surface area contributed by atoms with Crippen LogP contribution in [0.3, 0.4) is 0 Å². The van der Waals surface area contributed by atoms with Gasteiger partial charge in [-0.15, -0.1) is 0 Å². The van der Waals surface area contributed by atoms with Gasteiger partial charge in [-0.2, -0.15) is 0 Å². The van der Waals surface area contributed by atoms with Gasteiger partial charge in [-0.05, 0) is 37.6 Å². The summed E-state index contributed by atoms with van der Waals surface area (Å²) in [7, 11) is 2.07. The van der Waals surface area contributed by atoms with Crippen molar-refractivity contribution in [2.75, 3.05) is 20.1 Å². The molecular weight excluding hydrogens is 203 g/mol. The quantitative estimate of drug-likeness (QED) is 0.831. The second kappa shape index (κ2) is 5.97. The lowest BCUT2D eigenvalue weighted by Crippen LogP contribution is -2.37. The van der Waals surface area contributed by atoms with Crippen molar-refractivity contribution in [3.8, 4) is 0 Å². The SMILES string of the molecule is CC(CN(C)C(C)CN)c1ccc(F)cc1. The van der Waals surface area contributed by atoms with Crippen molar-refractivity contribution in [3.05, 3.63) is 35.6 Å². The molecule has 0 fully saturated rings. The highest BCUT2D eigenvalue weighted by Gasteiger charge is 2.12. The Balaban J connectivity index is 2.58. The molecule has 0 amide bonds. The summed E-state index contributed by atoms with van der Waals surface area (Å²) in [5, 5.41) is 0. The molecule has 90 valence electrons. The zero-order chi connectivity index (χ0) is 12.1. The highest BCUT2D eigenvalue weighted by atomic mass is 19.1. The number of benzene rings is 1. The molecule has 0 radical (unpaired) electrons. The summed E-state index contributed by atoms with van der Waals surface area (Å²) in [6.07, 6.45) is 0. The zero-order valence-corrected chi connectivity index (χ0v) is 10.3. The Kier molecular flexibility index (Phi) is 4.90. The fourth-order valence-electron chi connectivity index (χ4n) is 1.69. The van der Waals surface area contributed by atoms with Gasteiger partial charge in [0.25, 0.3) is 0 Å². The summed E-state index contributed by atoms with van der Waals surface area (Å²) in [5.41, 5.74) is 6.78. The Morgan fingerprint density at radius 2 is 1.81 bits per heavy atom. The van der Waals surface area contributed by atoms with Crippen LogP contribution in [0.2, 0.25) is 0 Å². The third-order valence-corrected chi connectivity index (χ3v) is 3.09. The van der Waals surface area contributed by atoms with Crippen molar-refractivity contribution in [3.63, 3.8) is 0 Å². The monoisotopic (exact) mass is 224 g/mol. The van der Waals surface area contributed by atoms with Gasteiger partial charge in [0, 0.05) is 19.1 Å². The van der Waals surface area contributed by atoms with E-state index in [9.17, 15) is 4.39 Å². The van der Waals surface area contributed by atoms with Crippen molar-refractivity contribution in [1.82, 2.24) is 4.90 Å². The van der Waals surface area contributed by atoms with Gasteiger partial charge < -0.3 is 10.6 Å². The van der Waals surface area contributed by atoms with Crippen molar-refractivity contribution < 1.29 is 4.39 Å². The first-order valence-corrected chi connectivity index (χ1v) is 5.70. The number of likely N-dealkylation sites (N-methyl/N-ethyl adjacent to an activating group) is 1. The molecule has 0 bridgehead atoms. The van der Waals surface area contributed by atoms with Crippen LogP contribution in [0, 0.1) is 5.82 Å². The van der Waals surface area contributed by atoms with Crippen LogP contribution in [0.25, 0.3) is 0 Å². The normalized spacial score (nSPS) is 15.1. The van der Waals surface area contributed by atoms with E-state index in [1.54, 1.807) is 0 Å². The van der Waals surface area contributed by atoms with Gasteiger partial charge in [0.05, 0.1) is 0 Å². The number of hydrogen-bond acceptors (Lipinski definition) is 2. The van der Waals surface area contributed by atoms with E-state index in [0.717, 1.165) is 12.1 Å². The minimum atomic E-state index is -0.181. The van der Waals surface area contributed by atoms with Crippen molar-refractivity contribution in [2.24, 2.45) is 5.73 Å². The highest BCUT2D eigenvalue weighted by molar-refractivity contribution is 5.20. The lowest BCUT2D eigenvalue weighted by Gasteiger charge is -2.26. The molecule has 0 aromatic heterocycles. The maximum absolute atomic E-state index is 12.8. The van der Waals surface area contributed by atoms with E-state index in [0.29, 0.717) is 18.5 Å². The van der Waals surface area contributed by atoms with E-state index in [1.165, 1.54) is 12.1 Å². The molecule has 0 aliphatic carbocycles. The summed E-state index contributed by atoms with van der Waals surface area (Å²) < 4.78 is 12.8. The maximum Gasteiger partial charge on any atom is 0.123 e. The molecule has 2 unspecified atom stereocenters. The molecule has 0 saturated heterocycles. The molecule has 0 heterocycles. The third-order valence-electron chi connectivity index (χ3n) is 3.09. The van der Waals surface area contributed by atoms with Crippen LogP contribution in [0.1, 0.15) is 25.3 Å². The second-order valence-corrected chi connectivity index (χ2v) is 4.48. The number of hydrogen-bond donors (Lipinski definition) is 1. The first kappa shape index (κ1) is 13.1. The van der Waals surface area contributed by atoms with E-state index >= 15 is 0 Å². The van der Waals surface area contributed by atoms with Gasteiger partial charge in [-0.3, -0.25) is 0 Å². The van der Waals surface area contributed by atoms with E-state index in [-0.39, 0.29) is 5.82 Å². The summed E-state index contributed by atoms with van der Waals surface area (Å²) in [4.78, 5) is 2.23. The fourth-order valence-corrected chi connectivity index (χ4v) is 1.69. The van der Waals surface area contributed by atoms with E-state index in [1.807, 2.05) is 12.1 Å². The van der Waals surface area contributed by atoms with E-state index in [4.69, 9.17) is 5.73 Å². The Morgan fingerprint density at radius 1 is 1.25 bits per heavy atom. The van der Waals surface area contributed by atoms with Crippen LogP contribution in [0.5, 0.6) is 0 Å². The molecule has 2 nitrogen and oxygen atoms in total. The molecule has 0 aliphatic rings. The molecule has 0 aliphatic heterocycles. The molecule has 16 heavy (non-hydrogen) atoms. The topological polar surface area (TPSA) is 29.3 Å². The lowest BCUT2D eigenvalue weighted by molar-refractivity contribution is 0.251. The first-order chi connectivity index (χ1) is 7.54. The molecule has 2 N–H and O–H groups in total. The summed E-state index contributed by atoms with van der Waals surface area (Å²) in [6.45, 7) is 5.85. The Hall–Kier alpha value is -0.930. The predicted molar refractivity (Wildman–Crippen MR) is 66.0 cm³/mol. The van der Waals surface area contributed by atoms with Crippen LogP contribution in [-0.2, 0) is 0 Å². The molecule has 3 heteroatoms. The average molecular weight is 224 g/mol. The fraction of sp³-hybridized carbons (Fsp3) is 0.538. The molecular formula is C13H21FN2. The smallest absolute Gasteiger partial charge is 0.123 e. The van der Waals surface area contributed by atoms with Crippen molar-refractivity contribution in [1.29, 1.82) is 0 Å². The standard InChI is InChI=1S/C13H21FN2/c1-10(9-16(3)11(2)8-15)12-4-6-13(14)7-5-12/h4-7,10-11H,8-9,15H2,1-3H3. The number of halogens is 1. The van der Waals surface area contributed by atoms with Crippen LogP contribution in [0.4, 0.5) is 4.39 Å². The average Bonchev–Trinajstić information content (AvgIpc) is 2.28. The summed E-state index contributed by atoms with van der Waals surface area (Å²) >= 11 is 0. The third kappa shape index (κ3) is 3.58. The van der Waals surface area contributed by atoms with Crippen LogP contribution < -0.4 is 5.73 Å². The van der Waals surface area contributed by atoms with Crippen LogP contribution in [-0.4, -0.2) is 31.1 Å². The number of rotatable bonds is 5. The predicted octanol–water partition coefficient (Wildman–Crippen LogP) is 2.21. The van der Waals surface area contributed by atoms with Crippen LogP contribution >= 0.6 is 0 Å². The van der Waals surface area contributed by atoms with E-state index in [2.05, 4.69) is 25.8 Å². The molecule has 1 rings (SSSR count). The van der Waals surface area contributed by atoms with Gasteiger partial charge in [0.1, 0.15) is 5.82 Å². The van der Waals surface area contributed by atoms with Crippen LogP contribution in [0.15, 0.2) is 24.3 Å². The maximum atomic E-state index is 12.8. The Labute approximate surface area is 97.3 Å². The highest BCUT2D eigenvalue weighted by Crippen LogP contribution is 2.17. The first-order valence-electron chi connectivity index (χ1n) is 5.70. The largest absolute Gasteiger partial charge is 0.329 e. The minimum Gasteiger partial charge on any atom is -0.329 e. The van der Waals surface area contributed by atoms with Crippen molar-refractivity contribution >= 4 is 0 Å². The van der Waals surface area contributed by atoms with Gasteiger partial charge >= 0.3 is 0 Å². The lowest BCUT2D eigenvalue weighted by atomic mass is 10.0. The Morgan fingerprint density at radius 3 is 2.31 bits per heavy atom. The minimum absolute atomic E-state index is 0.181. The van der Waals surface area contributed by atoms with Gasteiger partial charge in [0.15, 0.2) is 0 Å². The molecule has 0 spiro atoms. The Bertz CT molecular complexity index is 310. The van der Waals surface area contributed by atoms with Crippen molar-refractivity contribution in [2.45, 2.75) is 25.8 Å². The summed E-state index contributed by atoms with van der Waals surface area (Å²) in [6, 6.07) is 7.10. The summed E-state index contributed by atoms with van der Waals surface area (Å²) in [5.74, 6) is 0.208. The second-order valence-electron chi connectivity index (χ2n) is 4.48. The van der Waals surface area contributed by atoms with Gasteiger partial charge in [-0.25, -0.2) is 4.39 Å². The van der Waals surface area contributed by atoms with Gasteiger partial charge in [0.2, 0.25) is 0 Å². The van der Waals surface area contributed by atoms with E-state index < -0.39 is 0 Å². The zero-order valence-electron chi connectivity index (χ0n) is 10.3. The van der Waals surface area contributed by atoms with Gasteiger partial charge in [-0.1, -0.05) is 19.1 Å².